The van der Waals surface area contributed by atoms with Crippen molar-refractivity contribution >= 4 is 64.8 Å². The van der Waals surface area contributed by atoms with Crippen molar-refractivity contribution in [2.75, 3.05) is 0 Å². The number of hydrogen-bond acceptors (Lipinski definition) is 6. The Bertz CT molecular complexity index is 589. The molecule has 0 aliphatic rings. The molecule has 2 N–H and O–H groups in total. The number of benzene rings is 1. The molecule has 0 saturated carbocycles. The molecule has 2 aromatic rings. The third-order valence-electron chi connectivity index (χ3n) is 2.25. The van der Waals surface area contributed by atoms with E-state index >= 15 is 0 Å². The number of nitrogens with two attached hydrogens (primary N) is 1. The number of thiophene rings is 1. The molecular weight excluding hydrogens is 332 g/mol. The zero-order valence-corrected chi connectivity index (χ0v) is 14.7. The molecule has 0 aliphatic heterocycles. The van der Waals surface area contributed by atoms with Gasteiger partial charge in [-0.25, -0.2) is 0 Å². The average Bonchev–Trinajstić information content (AvgIpc) is 3.00. The number of nitrogens with zero attached hydrogens (tertiary/aromatic N) is 2. The van der Waals surface area contributed by atoms with Gasteiger partial charge < -0.3 is 28.4 Å². The van der Waals surface area contributed by atoms with Crippen LogP contribution in [-0.4, -0.2) is 35.4 Å². The molecule has 0 atom stereocenters. The van der Waals surface area contributed by atoms with E-state index in [2.05, 4.69) is 22.8 Å². The summed E-state index contributed by atoms with van der Waals surface area (Å²) in [6.45, 7) is 1.87. The molecule has 22 heavy (non-hydrogen) atoms. The molecule has 5 nitrogen and oxygen atoms in total. The molecule has 1 heterocycles. The van der Waals surface area contributed by atoms with Gasteiger partial charge in [-0.3, -0.25) is 0 Å². The van der Waals surface area contributed by atoms with Crippen LogP contribution in [0.25, 0.3) is 0 Å². The fraction of sp³-hybridized carbons (Fsp3) is 0.0769. The van der Waals surface area contributed by atoms with Crippen LogP contribution < -0.4 is 21.2 Å². The molecule has 0 fully saturated rings. The molecule has 2 rings (SSSR count). The van der Waals surface area contributed by atoms with E-state index in [1.807, 2.05) is 24.4 Å². The molecule has 0 aliphatic carbocycles. The second-order valence-corrected chi connectivity index (χ2v) is 5.21. The van der Waals surface area contributed by atoms with Crippen molar-refractivity contribution in [2.24, 2.45) is 15.9 Å². The molecule has 1 aromatic heterocycles. The van der Waals surface area contributed by atoms with Crippen LogP contribution in [0.2, 0.25) is 0 Å². The first-order chi connectivity index (χ1) is 10.0. The molecule has 9 heteroatoms. The van der Waals surface area contributed by atoms with Crippen molar-refractivity contribution in [1.82, 2.24) is 0 Å². The van der Waals surface area contributed by atoms with Gasteiger partial charge >= 0.3 is 17.4 Å². The van der Waals surface area contributed by atoms with Gasteiger partial charge in [0.25, 0.3) is 0 Å². The molecule has 0 saturated heterocycles. The third-order valence-corrected chi connectivity index (χ3v) is 3.31. The minimum atomic E-state index is -1.84. The van der Waals surface area contributed by atoms with Crippen molar-refractivity contribution in [3.63, 3.8) is 0 Å². The maximum absolute atomic E-state index is 10.2. The Morgan fingerprint density at radius 1 is 1.14 bits per heavy atom. The number of hydrogen-bond donors (Lipinski definition) is 1. The Hall–Kier alpha value is -1.20. The van der Waals surface area contributed by atoms with E-state index in [1.54, 1.807) is 29.5 Å². The first kappa shape index (κ1) is 20.8. The fourth-order valence-electron chi connectivity index (χ4n) is 1.27. The molecular formula is C13H13AlBN3O2S2. The maximum Gasteiger partial charge on any atom is 3.00 e. The summed E-state index contributed by atoms with van der Waals surface area (Å²) < 4.78 is 0. The van der Waals surface area contributed by atoms with E-state index in [0.29, 0.717) is 5.46 Å². The minimum absolute atomic E-state index is 0. The van der Waals surface area contributed by atoms with E-state index in [-0.39, 0.29) is 22.5 Å². The third kappa shape index (κ3) is 8.29. The quantitative estimate of drug-likeness (QED) is 0.255. The summed E-state index contributed by atoms with van der Waals surface area (Å²) in [6, 6.07) is 12.1. The van der Waals surface area contributed by atoms with E-state index in [1.165, 1.54) is 12.1 Å². The van der Waals surface area contributed by atoms with Crippen LogP contribution in [0.1, 0.15) is 11.8 Å². The van der Waals surface area contributed by atoms with E-state index < -0.39 is 7.12 Å². The van der Waals surface area contributed by atoms with Gasteiger partial charge in [-0.1, -0.05) is 43.5 Å². The van der Waals surface area contributed by atoms with Gasteiger partial charge in [0.15, 0.2) is 0 Å². The van der Waals surface area contributed by atoms with Crippen molar-refractivity contribution < 1.29 is 10.0 Å². The smallest absolute Gasteiger partial charge is 0.889 e. The zero-order valence-electron chi connectivity index (χ0n) is 11.9. The Morgan fingerprint density at radius 3 is 2.18 bits per heavy atom. The van der Waals surface area contributed by atoms with Gasteiger partial charge in [-0.15, -0.1) is 16.8 Å². The Morgan fingerprint density at radius 2 is 1.77 bits per heavy atom. The molecule has 0 spiro atoms. The van der Waals surface area contributed by atoms with Crippen LogP contribution in [0.4, 0.5) is 0 Å². The van der Waals surface area contributed by atoms with Gasteiger partial charge in [-0.05, 0) is 23.5 Å². The van der Waals surface area contributed by atoms with Crippen LogP contribution in [-0.2, 0) is 12.6 Å². The van der Waals surface area contributed by atoms with Gasteiger partial charge in [0.1, 0.15) is 0 Å². The maximum atomic E-state index is 10.2. The van der Waals surface area contributed by atoms with Crippen LogP contribution in [0.15, 0.2) is 58.0 Å². The van der Waals surface area contributed by atoms with E-state index in [0.717, 1.165) is 10.6 Å². The summed E-state index contributed by atoms with van der Waals surface area (Å²) in [5.74, 6) is 0. The van der Waals surface area contributed by atoms with Crippen molar-refractivity contribution in [3.8, 4) is 0 Å². The standard InChI is InChI=1S/C7H9N3S2.C6H5BO2.Al/c1-5(9-10-7(8)11)6-3-2-4-12-6;8-7(9)6-4-2-1-3-5-6;/h2-4H,1H3,(H3,8,10,11);1-5H;/q;-2;+3/p-1/b9-5+;;. The first-order valence-electron chi connectivity index (χ1n) is 5.96. The first-order valence-corrected chi connectivity index (χ1v) is 7.24. The Kier molecular flexibility index (Phi) is 10.8. The fourth-order valence-corrected chi connectivity index (χ4v) is 1.98. The van der Waals surface area contributed by atoms with E-state index in [9.17, 15) is 10.0 Å². The summed E-state index contributed by atoms with van der Waals surface area (Å²) in [6.07, 6.45) is 0. The number of rotatable bonds is 3. The summed E-state index contributed by atoms with van der Waals surface area (Å²) >= 11 is 6.16. The van der Waals surface area contributed by atoms with Crippen LogP contribution in [0.5, 0.6) is 0 Å². The predicted molar refractivity (Wildman–Crippen MR) is 93.1 cm³/mol. The monoisotopic (exact) mass is 345 g/mol. The van der Waals surface area contributed by atoms with Gasteiger partial charge in [-0.2, -0.15) is 10.2 Å². The predicted octanol–water partition coefficient (Wildman–Crippen LogP) is -0.945. The van der Waals surface area contributed by atoms with Crippen molar-refractivity contribution in [3.05, 3.63) is 52.7 Å². The Labute approximate surface area is 150 Å². The zero-order chi connectivity index (χ0) is 15.7. The molecule has 0 radical (unpaired) electrons. The van der Waals surface area contributed by atoms with Crippen molar-refractivity contribution in [2.45, 2.75) is 6.92 Å². The summed E-state index contributed by atoms with van der Waals surface area (Å²) in [7, 11) is -1.84. The summed E-state index contributed by atoms with van der Waals surface area (Å²) in [5.41, 5.74) is 6.29. The molecule has 0 unspecified atom stereocenters. The van der Waals surface area contributed by atoms with Gasteiger partial charge in [0, 0.05) is 0 Å². The molecule has 0 bridgehead atoms. The molecule has 0 amide bonds. The number of amidine groups is 1. The molecule has 110 valence electrons. The van der Waals surface area contributed by atoms with Crippen molar-refractivity contribution in [1.29, 1.82) is 0 Å². The van der Waals surface area contributed by atoms with Crippen LogP contribution in [0, 0.1) is 0 Å². The summed E-state index contributed by atoms with van der Waals surface area (Å²) in [4.78, 5) is 1.08. The second kappa shape index (κ2) is 11.4. The second-order valence-electron chi connectivity index (χ2n) is 3.84. The summed E-state index contributed by atoms with van der Waals surface area (Å²) in [5, 5.41) is 29.8. The van der Waals surface area contributed by atoms with Crippen LogP contribution in [0.3, 0.4) is 0 Å². The molecule has 1 aromatic carbocycles. The van der Waals surface area contributed by atoms with E-state index in [4.69, 9.17) is 5.73 Å². The van der Waals surface area contributed by atoms with Crippen LogP contribution >= 0.6 is 11.3 Å². The largest absolute Gasteiger partial charge is 3.00 e. The van der Waals surface area contributed by atoms with Gasteiger partial charge in [0.05, 0.1) is 10.6 Å². The minimum Gasteiger partial charge on any atom is -0.889 e. The Balaban J connectivity index is 0.000000397. The topological polar surface area (TPSA) is 96.9 Å². The average molecular weight is 345 g/mol. The SMILES string of the molecule is C/C(=N\N=C(N)[S-])c1cccs1.[Al+3].[O-]B([O-])c1ccccc1. The normalized spacial score (nSPS) is 11.0. The van der Waals surface area contributed by atoms with Gasteiger partial charge in [0.2, 0.25) is 0 Å².